The number of aliphatic hydroxyl groups is 1. The van der Waals surface area contributed by atoms with Gasteiger partial charge in [-0.15, -0.1) is 23.1 Å². The molecule has 0 aliphatic heterocycles. The minimum atomic E-state index is -4.56. The summed E-state index contributed by atoms with van der Waals surface area (Å²) in [6.07, 6.45) is -3.84. The van der Waals surface area contributed by atoms with Gasteiger partial charge in [0.25, 0.3) is 0 Å². The molecule has 0 aliphatic carbocycles. The maximum absolute atomic E-state index is 13.0. The number of rotatable bonds is 6. The highest BCUT2D eigenvalue weighted by atomic mass is 32.2. The Morgan fingerprint density at radius 3 is 2.57 bits per heavy atom. The van der Waals surface area contributed by atoms with Gasteiger partial charge in [0, 0.05) is 27.0 Å². The van der Waals surface area contributed by atoms with E-state index in [0.717, 1.165) is 42.3 Å². The molecule has 0 unspecified atom stereocenters. The zero-order valence-corrected chi connectivity index (χ0v) is 17.3. The first-order valence-corrected chi connectivity index (χ1v) is 10.3. The number of aryl methyl sites for hydroxylation is 1. The van der Waals surface area contributed by atoms with E-state index in [2.05, 4.69) is 9.97 Å². The van der Waals surface area contributed by atoms with E-state index in [1.54, 1.807) is 13.0 Å². The molecule has 11 heteroatoms. The van der Waals surface area contributed by atoms with Crippen molar-refractivity contribution < 1.29 is 33.0 Å². The number of aromatic nitrogens is 2. The number of carbonyl (C=O) groups is 2. The standard InChI is InChI=1S/C19H15F3N2O4S2/c1-9-5-14(11-6-10(19(20,21)22)7-23-16(11)24-9)29-8-12(25)13-3-4-15(30-13)18(2,28)17(26)27/h3-7,28H,8H2,1-2H3,(H,26,27)/t18-/m1/s1. The molecule has 0 radical (unpaired) electrons. The number of nitrogens with zero attached hydrogens (tertiary/aromatic N) is 2. The van der Waals surface area contributed by atoms with E-state index in [4.69, 9.17) is 5.11 Å². The number of fused-ring (bicyclic) bond motifs is 1. The number of carboxylic acids is 1. The van der Waals surface area contributed by atoms with Gasteiger partial charge in [-0.25, -0.2) is 14.8 Å². The zero-order valence-electron chi connectivity index (χ0n) is 15.6. The summed E-state index contributed by atoms with van der Waals surface area (Å²) in [5.41, 5.74) is -2.34. The third-order valence-corrected chi connectivity index (χ3v) is 6.61. The quantitative estimate of drug-likeness (QED) is 0.422. The highest BCUT2D eigenvalue weighted by molar-refractivity contribution is 8.00. The molecular weight excluding hydrogens is 441 g/mol. The molecule has 0 saturated carbocycles. The number of thiophene rings is 1. The number of Topliss-reactive ketones (excluding diaryl/α,β-unsaturated/α-hetero) is 1. The number of halogens is 3. The van der Waals surface area contributed by atoms with Gasteiger partial charge < -0.3 is 10.2 Å². The van der Waals surface area contributed by atoms with Crippen molar-refractivity contribution >= 4 is 45.9 Å². The van der Waals surface area contributed by atoms with Crippen LogP contribution < -0.4 is 0 Å². The average Bonchev–Trinajstić information content (AvgIpc) is 3.15. The smallest absolute Gasteiger partial charge is 0.417 e. The molecule has 3 heterocycles. The summed E-state index contributed by atoms with van der Waals surface area (Å²) in [4.78, 5) is 32.4. The first-order valence-electron chi connectivity index (χ1n) is 8.46. The predicted octanol–water partition coefficient (Wildman–Crippen LogP) is 4.29. The van der Waals surface area contributed by atoms with Crippen LogP contribution in [0.15, 0.2) is 35.4 Å². The summed E-state index contributed by atoms with van der Waals surface area (Å²) in [6, 6.07) is 5.31. The van der Waals surface area contributed by atoms with Gasteiger partial charge in [-0.3, -0.25) is 4.79 Å². The number of thioether (sulfide) groups is 1. The molecule has 30 heavy (non-hydrogen) atoms. The third-order valence-electron chi connectivity index (χ3n) is 4.22. The van der Waals surface area contributed by atoms with Gasteiger partial charge in [-0.2, -0.15) is 13.2 Å². The Kier molecular flexibility index (Phi) is 5.89. The van der Waals surface area contributed by atoms with Gasteiger partial charge in [0.1, 0.15) is 0 Å². The van der Waals surface area contributed by atoms with Crippen molar-refractivity contribution in [1.82, 2.24) is 9.97 Å². The maximum Gasteiger partial charge on any atom is 0.417 e. The number of carboxylic acid groups (broad SMARTS) is 1. The first-order chi connectivity index (χ1) is 13.9. The lowest BCUT2D eigenvalue weighted by Gasteiger charge is -2.15. The van der Waals surface area contributed by atoms with Gasteiger partial charge >= 0.3 is 12.1 Å². The van der Waals surface area contributed by atoms with Crippen LogP contribution in [-0.2, 0) is 16.6 Å². The minimum absolute atomic E-state index is 0.0933. The molecule has 3 aromatic heterocycles. The lowest BCUT2D eigenvalue weighted by atomic mass is 10.1. The molecule has 0 amide bonds. The van der Waals surface area contributed by atoms with Crippen LogP contribution in [0.2, 0.25) is 0 Å². The molecule has 0 bridgehead atoms. The van der Waals surface area contributed by atoms with Gasteiger partial charge in [0.2, 0.25) is 0 Å². The van der Waals surface area contributed by atoms with Crippen molar-refractivity contribution in [3.63, 3.8) is 0 Å². The molecule has 3 aromatic rings. The fourth-order valence-electron chi connectivity index (χ4n) is 2.54. The van der Waals surface area contributed by atoms with Crippen LogP contribution in [0.1, 0.15) is 32.7 Å². The second-order valence-electron chi connectivity index (χ2n) is 6.61. The van der Waals surface area contributed by atoms with Crippen molar-refractivity contribution in [2.45, 2.75) is 30.5 Å². The number of ketones is 1. The van der Waals surface area contributed by atoms with E-state index < -0.39 is 23.3 Å². The van der Waals surface area contributed by atoms with Crippen molar-refractivity contribution in [1.29, 1.82) is 0 Å². The Morgan fingerprint density at radius 2 is 1.93 bits per heavy atom. The topological polar surface area (TPSA) is 100 Å². The minimum Gasteiger partial charge on any atom is -0.479 e. The summed E-state index contributed by atoms with van der Waals surface area (Å²) in [6.45, 7) is 2.78. The molecule has 2 N–H and O–H groups in total. The van der Waals surface area contributed by atoms with Crippen molar-refractivity contribution in [3.05, 3.63) is 51.5 Å². The maximum atomic E-state index is 13.0. The first kappa shape index (κ1) is 22.2. The lowest BCUT2D eigenvalue weighted by molar-refractivity contribution is -0.157. The highest BCUT2D eigenvalue weighted by Gasteiger charge is 2.34. The lowest BCUT2D eigenvalue weighted by Crippen LogP contribution is -2.30. The van der Waals surface area contributed by atoms with Gasteiger partial charge in [-0.05, 0) is 38.1 Å². The SMILES string of the molecule is Cc1cc(SCC(=O)c2ccc([C@@](C)(O)C(=O)O)s2)c2cc(C(F)(F)F)cnc2n1. The number of carbonyl (C=O) groups excluding carboxylic acids is 1. The van der Waals surface area contributed by atoms with Crippen molar-refractivity contribution in [2.75, 3.05) is 5.75 Å². The fourth-order valence-corrected chi connectivity index (χ4v) is 4.61. The van der Waals surface area contributed by atoms with E-state index >= 15 is 0 Å². The largest absolute Gasteiger partial charge is 0.479 e. The predicted molar refractivity (Wildman–Crippen MR) is 106 cm³/mol. The van der Waals surface area contributed by atoms with Gasteiger partial charge in [0.15, 0.2) is 17.0 Å². The van der Waals surface area contributed by atoms with Crippen LogP contribution in [-0.4, -0.2) is 37.7 Å². The average molecular weight is 456 g/mol. The van der Waals surface area contributed by atoms with E-state index in [1.165, 1.54) is 12.1 Å². The molecule has 0 aromatic carbocycles. The zero-order chi connectivity index (χ0) is 22.3. The van der Waals surface area contributed by atoms with Crippen LogP contribution in [0.5, 0.6) is 0 Å². The number of alkyl halides is 3. The summed E-state index contributed by atoms with van der Waals surface area (Å²) >= 11 is 1.90. The summed E-state index contributed by atoms with van der Waals surface area (Å²) in [5.74, 6) is -1.88. The van der Waals surface area contributed by atoms with Crippen LogP contribution in [0.3, 0.4) is 0 Å². The van der Waals surface area contributed by atoms with E-state index in [0.29, 0.717) is 10.6 Å². The molecule has 0 fully saturated rings. The molecular formula is C19H15F3N2O4S2. The molecule has 6 nitrogen and oxygen atoms in total. The summed E-state index contributed by atoms with van der Waals surface area (Å²) in [5, 5.41) is 19.3. The Bertz CT molecular complexity index is 1140. The monoisotopic (exact) mass is 456 g/mol. The van der Waals surface area contributed by atoms with Crippen molar-refractivity contribution in [2.24, 2.45) is 0 Å². The summed E-state index contributed by atoms with van der Waals surface area (Å²) < 4.78 is 39.1. The fraction of sp³-hybridized carbons (Fsp3) is 0.263. The normalized spacial score (nSPS) is 13.9. The number of aliphatic carboxylic acids is 1. The molecule has 0 aliphatic rings. The van der Waals surface area contributed by atoms with Crippen LogP contribution in [0, 0.1) is 6.92 Å². The molecule has 0 spiro atoms. The number of hydrogen-bond acceptors (Lipinski definition) is 7. The molecule has 1 atom stereocenters. The highest BCUT2D eigenvalue weighted by Crippen LogP contribution is 2.35. The molecule has 3 rings (SSSR count). The number of hydrogen-bond donors (Lipinski definition) is 2. The summed E-state index contributed by atoms with van der Waals surface area (Å²) in [7, 11) is 0. The third kappa shape index (κ3) is 4.47. The van der Waals surface area contributed by atoms with E-state index in [9.17, 15) is 27.9 Å². The Balaban J connectivity index is 1.86. The Labute approximate surface area is 176 Å². The second kappa shape index (κ2) is 7.97. The van der Waals surface area contributed by atoms with E-state index in [-0.39, 0.29) is 32.3 Å². The van der Waals surface area contributed by atoms with Gasteiger partial charge in [-0.1, -0.05) is 0 Å². The Morgan fingerprint density at radius 1 is 1.23 bits per heavy atom. The Hall–Kier alpha value is -2.50. The molecule has 0 saturated heterocycles. The van der Waals surface area contributed by atoms with E-state index in [1.807, 2.05) is 0 Å². The van der Waals surface area contributed by atoms with Crippen LogP contribution in [0.25, 0.3) is 11.0 Å². The van der Waals surface area contributed by atoms with Crippen molar-refractivity contribution in [3.8, 4) is 0 Å². The van der Waals surface area contributed by atoms with Crippen LogP contribution >= 0.6 is 23.1 Å². The van der Waals surface area contributed by atoms with Crippen LogP contribution in [0.4, 0.5) is 13.2 Å². The van der Waals surface area contributed by atoms with Gasteiger partial charge in [0.05, 0.1) is 16.2 Å². The second-order valence-corrected chi connectivity index (χ2v) is 8.71. The number of pyridine rings is 2. The molecule has 158 valence electrons.